The minimum Gasteiger partial charge on any atom is -0.493 e. The van der Waals surface area contributed by atoms with E-state index in [2.05, 4.69) is 55.1 Å². The maximum atomic E-state index is 11.3. The summed E-state index contributed by atoms with van der Waals surface area (Å²) in [4.78, 5) is 13.8. The summed E-state index contributed by atoms with van der Waals surface area (Å²) in [7, 11) is 0. The number of hydrogen-bond donors (Lipinski definition) is 3. The maximum Gasteiger partial charge on any atom is 0.323 e. The summed E-state index contributed by atoms with van der Waals surface area (Å²) in [5.41, 5.74) is 4.89. The monoisotopic (exact) mass is 698 g/mol. The van der Waals surface area contributed by atoms with Gasteiger partial charge in [0.05, 0.1) is 29.9 Å². The smallest absolute Gasteiger partial charge is 0.323 e. The van der Waals surface area contributed by atoms with Crippen molar-refractivity contribution in [3.05, 3.63) is 75.4 Å². The Kier molecular flexibility index (Phi) is 11.7. The number of nitrogens with one attached hydrogen (secondary N) is 1. The van der Waals surface area contributed by atoms with Gasteiger partial charge in [-0.3, -0.25) is 14.8 Å². The van der Waals surface area contributed by atoms with E-state index in [1.54, 1.807) is 12.1 Å². The maximum absolute atomic E-state index is 11.3. The van der Waals surface area contributed by atoms with Gasteiger partial charge in [-0.15, -0.1) is 0 Å². The van der Waals surface area contributed by atoms with Crippen LogP contribution < -0.4 is 14.8 Å². The van der Waals surface area contributed by atoms with Crippen molar-refractivity contribution in [2.75, 3.05) is 32.8 Å². The summed E-state index contributed by atoms with van der Waals surface area (Å²) in [5.74, 6) is -0.159. The molecule has 45 heavy (non-hydrogen) atoms. The van der Waals surface area contributed by atoms with Gasteiger partial charge in [0.1, 0.15) is 24.1 Å². The minimum atomic E-state index is -1.14. The van der Waals surface area contributed by atoms with E-state index in [4.69, 9.17) is 26.2 Å². The second-order valence-electron chi connectivity index (χ2n) is 11.2. The quantitative estimate of drug-likeness (QED) is 0.114. The number of likely N-dealkylation sites (tertiary alicyclic amines) is 1. The van der Waals surface area contributed by atoms with Gasteiger partial charge in [0.25, 0.3) is 0 Å². The van der Waals surface area contributed by atoms with Crippen LogP contribution in [0.3, 0.4) is 0 Å². The lowest BCUT2D eigenvalue weighted by atomic mass is 10.00. The van der Waals surface area contributed by atoms with Crippen LogP contribution in [-0.4, -0.2) is 69.8 Å². The SMILES string of the molecule is CCOc1cc(OCc2cccc(-c3cccc4c3cnn4CCCCN3CCCC3)c2Br)c(Cl)cc1CNC(CO)C(=O)O. The zero-order valence-electron chi connectivity index (χ0n) is 25.5. The van der Waals surface area contributed by atoms with Crippen molar-refractivity contribution < 1.29 is 24.5 Å². The van der Waals surface area contributed by atoms with Crippen molar-refractivity contribution in [3.63, 3.8) is 0 Å². The molecule has 0 spiro atoms. The van der Waals surface area contributed by atoms with E-state index >= 15 is 0 Å². The fourth-order valence-corrected chi connectivity index (χ4v) is 6.59. The van der Waals surface area contributed by atoms with Crippen molar-refractivity contribution in [3.8, 4) is 22.6 Å². The molecule has 1 aliphatic rings. The number of fused-ring (bicyclic) bond motifs is 1. The molecule has 1 aromatic heterocycles. The van der Waals surface area contributed by atoms with Gasteiger partial charge in [-0.25, -0.2) is 0 Å². The Bertz CT molecular complexity index is 1610. The number of carbonyl (C=O) groups is 1. The summed E-state index contributed by atoms with van der Waals surface area (Å²) < 4.78 is 15.0. The van der Waals surface area contributed by atoms with Crippen molar-refractivity contribution in [2.45, 2.75) is 58.3 Å². The van der Waals surface area contributed by atoms with Crippen LogP contribution in [0.5, 0.6) is 11.5 Å². The second-order valence-corrected chi connectivity index (χ2v) is 12.4. The van der Waals surface area contributed by atoms with Crippen LogP contribution in [0.1, 0.15) is 43.7 Å². The molecule has 0 saturated carbocycles. The highest BCUT2D eigenvalue weighted by Crippen LogP contribution is 2.38. The number of carboxylic acid groups (broad SMARTS) is 1. The van der Waals surface area contributed by atoms with E-state index in [9.17, 15) is 15.0 Å². The van der Waals surface area contributed by atoms with E-state index in [0.717, 1.165) is 45.0 Å². The molecule has 5 rings (SSSR count). The lowest BCUT2D eigenvalue weighted by molar-refractivity contribution is -0.140. The molecule has 3 N–H and O–H groups in total. The summed E-state index contributed by atoms with van der Waals surface area (Å²) in [6.45, 7) is 6.70. The molecule has 9 nitrogen and oxygen atoms in total. The first kappa shape index (κ1) is 33.2. The number of benzene rings is 3. The molecule has 240 valence electrons. The van der Waals surface area contributed by atoms with E-state index in [1.807, 2.05) is 25.3 Å². The van der Waals surface area contributed by atoms with Crippen LogP contribution in [0.15, 0.2) is 59.2 Å². The lowest BCUT2D eigenvalue weighted by Gasteiger charge is -2.17. The topological polar surface area (TPSA) is 109 Å². The molecule has 1 aliphatic heterocycles. The third-order valence-electron chi connectivity index (χ3n) is 8.17. The van der Waals surface area contributed by atoms with Crippen molar-refractivity contribution in [2.24, 2.45) is 0 Å². The van der Waals surface area contributed by atoms with E-state index < -0.39 is 18.6 Å². The zero-order chi connectivity index (χ0) is 31.8. The van der Waals surface area contributed by atoms with Gasteiger partial charge in [-0.05, 0) is 91.4 Å². The van der Waals surface area contributed by atoms with Crippen molar-refractivity contribution in [1.82, 2.24) is 20.0 Å². The van der Waals surface area contributed by atoms with Crippen LogP contribution in [0, 0.1) is 0 Å². The Balaban J connectivity index is 1.29. The van der Waals surface area contributed by atoms with Crippen molar-refractivity contribution in [1.29, 1.82) is 0 Å². The molecular formula is C34H40BrClN4O5. The first-order chi connectivity index (χ1) is 21.9. The van der Waals surface area contributed by atoms with Gasteiger partial charge in [0.15, 0.2) is 0 Å². The summed E-state index contributed by atoms with van der Waals surface area (Å²) >= 11 is 10.4. The number of rotatable bonds is 16. The number of aryl methyl sites for hydroxylation is 1. The molecule has 0 bridgehead atoms. The molecule has 0 aliphatic carbocycles. The predicted octanol–water partition coefficient (Wildman–Crippen LogP) is 6.51. The molecule has 1 saturated heterocycles. The number of hydrogen-bond acceptors (Lipinski definition) is 7. The van der Waals surface area contributed by atoms with E-state index in [0.29, 0.717) is 28.7 Å². The molecule has 1 unspecified atom stereocenters. The average Bonchev–Trinajstić information content (AvgIpc) is 3.71. The van der Waals surface area contributed by atoms with Crippen molar-refractivity contribution >= 4 is 44.4 Å². The lowest BCUT2D eigenvalue weighted by Crippen LogP contribution is -2.39. The first-order valence-electron chi connectivity index (χ1n) is 15.5. The average molecular weight is 700 g/mol. The summed E-state index contributed by atoms with van der Waals surface area (Å²) in [6, 6.07) is 14.8. The number of aromatic nitrogens is 2. The molecule has 11 heteroatoms. The fourth-order valence-electron chi connectivity index (χ4n) is 5.75. The molecule has 3 aromatic carbocycles. The summed E-state index contributed by atoms with van der Waals surface area (Å²) in [6.07, 6.45) is 6.90. The molecule has 4 aromatic rings. The third-order valence-corrected chi connectivity index (χ3v) is 9.40. The molecule has 0 amide bonds. The number of aliphatic hydroxyl groups is 1. The predicted molar refractivity (Wildman–Crippen MR) is 180 cm³/mol. The highest BCUT2D eigenvalue weighted by Gasteiger charge is 2.19. The molecule has 1 fully saturated rings. The van der Waals surface area contributed by atoms with Crippen LogP contribution in [0.25, 0.3) is 22.0 Å². The zero-order valence-corrected chi connectivity index (χ0v) is 27.8. The van der Waals surface area contributed by atoms with Crippen LogP contribution in [0.4, 0.5) is 0 Å². The van der Waals surface area contributed by atoms with Crippen LogP contribution in [-0.2, 0) is 24.5 Å². The summed E-state index contributed by atoms with van der Waals surface area (Å²) in [5, 5.41) is 27.6. The van der Waals surface area contributed by atoms with Gasteiger partial charge in [0.2, 0.25) is 0 Å². The molecular weight excluding hydrogens is 660 g/mol. The van der Waals surface area contributed by atoms with E-state index in [1.165, 1.54) is 38.9 Å². The first-order valence-corrected chi connectivity index (χ1v) is 16.7. The van der Waals surface area contributed by atoms with Crippen LogP contribution >= 0.6 is 27.5 Å². The van der Waals surface area contributed by atoms with Crippen LogP contribution in [0.2, 0.25) is 5.02 Å². The normalized spacial score (nSPS) is 14.2. The Morgan fingerprint density at radius 2 is 1.80 bits per heavy atom. The van der Waals surface area contributed by atoms with Gasteiger partial charge < -0.3 is 24.6 Å². The number of aliphatic hydroxyl groups excluding tert-OH is 1. The number of nitrogens with zero attached hydrogens (tertiary/aromatic N) is 3. The molecule has 0 radical (unpaired) electrons. The highest BCUT2D eigenvalue weighted by atomic mass is 79.9. The van der Waals surface area contributed by atoms with Gasteiger partial charge in [-0.2, -0.15) is 5.10 Å². The Morgan fingerprint density at radius 3 is 2.56 bits per heavy atom. The second kappa shape index (κ2) is 15.9. The number of halogens is 2. The Labute approximate surface area is 277 Å². The number of unbranched alkanes of at least 4 members (excludes halogenated alkanes) is 1. The van der Waals surface area contributed by atoms with Gasteiger partial charge >= 0.3 is 5.97 Å². The van der Waals surface area contributed by atoms with E-state index in [-0.39, 0.29) is 13.2 Å². The Hall–Kier alpha value is -3.15. The molecule has 2 heterocycles. The van der Waals surface area contributed by atoms with Gasteiger partial charge in [0, 0.05) is 40.1 Å². The highest BCUT2D eigenvalue weighted by molar-refractivity contribution is 9.10. The standard InChI is InChI=1S/C34H40BrClN4O5/c1-2-44-31-18-32(28(36)17-24(31)19-37-29(21-41)34(42)43)45-22-23-9-7-11-26(33(23)35)25-10-8-12-30-27(25)20-38-40(30)16-6-5-15-39-13-3-4-14-39/h7-12,17-18,20,29,37,41H,2-6,13-16,19,21-22H2,1H3,(H,42,43). The molecule has 1 atom stereocenters. The fraction of sp³-hybridized carbons (Fsp3) is 0.412. The van der Waals surface area contributed by atoms with Gasteiger partial charge in [-0.1, -0.05) is 41.9 Å². The Morgan fingerprint density at radius 1 is 1.04 bits per heavy atom. The number of carboxylic acids is 1. The third kappa shape index (κ3) is 8.17. The number of aliphatic carboxylic acids is 1. The largest absolute Gasteiger partial charge is 0.493 e. The minimum absolute atomic E-state index is 0.154. The number of ether oxygens (including phenoxy) is 2.